The van der Waals surface area contributed by atoms with Crippen LogP contribution < -0.4 is 5.73 Å². The minimum absolute atomic E-state index is 0. The molecule has 0 amide bonds. The van der Waals surface area contributed by atoms with Crippen molar-refractivity contribution >= 4 is 24.2 Å². The van der Waals surface area contributed by atoms with Crippen molar-refractivity contribution in [1.82, 2.24) is 4.98 Å². The highest BCUT2D eigenvalue weighted by Gasteiger charge is 2.03. The van der Waals surface area contributed by atoms with Crippen molar-refractivity contribution in [3.63, 3.8) is 0 Å². The molecule has 4 nitrogen and oxygen atoms in total. The maximum atomic E-state index is 10.2. The topological polar surface area (TPSA) is 76.2 Å². The number of anilines is 1. The number of aromatic nitrogens is 1. The van der Waals surface area contributed by atoms with Crippen molar-refractivity contribution in [1.29, 1.82) is 0 Å². The fraction of sp³-hybridized carbons (Fsp3) is 0.143. The first-order chi connectivity index (χ1) is 5.20. The van der Waals surface area contributed by atoms with Gasteiger partial charge < -0.3 is 10.8 Å². The number of nitrogen functional groups attached to an aromatic ring is 1. The van der Waals surface area contributed by atoms with Crippen molar-refractivity contribution in [2.75, 3.05) is 5.73 Å². The van der Waals surface area contributed by atoms with Gasteiger partial charge in [0.15, 0.2) is 0 Å². The normalized spacial score (nSPS) is 8.67. The number of carboxylic acids is 1. The Morgan fingerprint density at radius 2 is 2.33 bits per heavy atom. The summed E-state index contributed by atoms with van der Waals surface area (Å²) in [5.41, 5.74) is 5.95. The van der Waals surface area contributed by atoms with Crippen LogP contribution in [-0.2, 0) is 11.2 Å². The summed E-state index contributed by atoms with van der Waals surface area (Å²) in [6.07, 6.45) is 1.46. The molecule has 3 N–H and O–H groups in total. The number of carboxylic acid groups (broad SMARTS) is 1. The lowest BCUT2D eigenvalue weighted by atomic mass is 10.2. The van der Waals surface area contributed by atoms with Gasteiger partial charge in [0, 0.05) is 11.8 Å². The quantitative estimate of drug-likeness (QED) is 0.717. The van der Waals surface area contributed by atoms with Crippen LogP contribution in [0.2, 0.25) is 0 Å². The highest BCUT2D eigenvalue weighted by atomic mass is 35.5. The Hall–Kier alpha value is -1.29. The lowest BCUT2D eigenvalue weighted by Gasteiger charge is -1.98. The SMILES string of the molecule is Cl.Nc1ncccc1CC(=O)O. The van der Waals surface area contributed by atoms with Crippen LogP contribution in [0, 0.1) is 0 Å². The molecule has 0 aliphatic rings. The van der Waals surface area contributed by atoms with E-state index in [-0.39, 0.29) is 24.6 Å². The van der Waals surface area contributed by atoms with Gasteiger partial charge in [-0.05, 0) is 6.07 Å². The van der Waals surface area contributed by atoms with Crippen molar-refractivity contribution < 1.29 is 9.90 Å². The van der Waals surface area contributed by atoms with E-state index in [0.29, 0.717) is 5.56 Å². The average Bonchev–Trinajstić information content (AvgIpc) is 1.93. The molecule has 1 rings (SSSR count). The van der Waals surface area contributed by atoms with Gasteiger partial charge in [0.2, 0.25) is 0 Å². The maximum absolute atomic E-state index is 10.2. The Morgan fingerprint density at radius 3 is 2.83 bits per heavy atom. The van der Waals surface area contributed by atoms with Crippen molar-refractivity contribution in [3.8, 4) is 0 Å². The number of nitrogens with zero attached hydrogens (tertiary/aromatic N) is 1. The van der Waals surface area contributed by atoms with Gasteiger partial charge in [-0.3, -0.25) is 4.79 Å². The summed E-state index contributed by atoms with van der Waals surface area (Å²) in [5.74, 6) is -0.611. The van der Waals surface area contributed by atoms with Gasteiger partial charge in [-0.15, -0.1) is 12.4 Å². The zero-order valence-electron chi connectivity index (χ0n) is 6.23. The molecule has 1 heterocycles. The zero-order valence-corrected chi connectivity index (χ0v) is 7.04. The number of carbonyl (C=O) groups is 1. The van der Waals surface area contributed by atoms with Gasteiger partial charge in [-0.1, -0.05) is 6.07 Å². The summed E-state index contributed by atoms with van der Waals surface area (Å²) in [6.45, 7) is 0. The first-order valence-corrected chi connectivity index (χ1v) is 3.11. The molecule has 0 spiro atoms. The van der Waals surface area contributed by atoms with Gasteiger partial charge in [0.25, 0.3) is 0 Å². The predicted octanol–water partition coefficient (Wildman–Crippen LogP) is 0.713. The molecule has 0 fully saturated rings. The molecule has 0 atom stereocenters. The molecule has 1 aromatic rings. The monoisotopic (exact) mass is 188 g/mol. The molecule has 0 saturated heterocycles. The number of aliphatic carboxylic acids is 1. The fourth-order valence-corrected chi connectivity index (χ4v) is 0.763. The number of halogens is 1. The third-order valence-electron chi connectivity index (χ3n) is 1.27. The molecule has 12 heavy (non-hydrogen) atoms. The molecule has 0 bridgehead atoms. The number of pyridine rings is 1. The van der Waals surface area contributed by atoms with E-state index in [1.54, 1.807) is 12.1 Å². The Morgan fingerprint density at radius 1 is 1.67 bits per heavy atom. The van der Waals surface area contributed by atoms with E-state index in [4.69, 9.17) is 10.8 Å². The lowest BCUT2D eigenvalue weighted by molar-refractivity contribution is -0.136. The standard InChI is InChI=1S/C7H8N2O2.ClH/c8-7-5(4-6(10)11)2-1-3-9-7;/h1-3H,4H2,(H2,8,9)(H,10,11);1H. The van der Waals surface area contributed by atoms with E-state index in [1.165, 1.54) is 6.20 Å². The Bertz CT molecular complexity index is 278. The summed E-state index contributed by atoms with van der Waals surface area (Å²) in [4.78, 5) is 14.0. The van der Waals surface area contributed by atoms with Crippen LogP contribution in [0.5, 0.6) is 0 Å². The largest absolute Gasteiger partial charge is 0.481 e. The predicted molar refractivity (Wildman–Crippen MR) is 47.2 cm³/mol. The van der Waals surface area contributed by atoms with Crippen LogP contribution in [0.1, 0.15) is 5.56 Å². The van der Waals surface area contributed by atoms with E-state index < -0.39 is 5.97 Å². The molecule has 5 heteroatoms. The summed E-state index contributed by atoms with van der Waals surface area (Å²) in [5, 5.41) is 8.41. The second-order valence-electron chi connectivity index (χ2n) is 2.12. The molecule has 0 aliphatic carbocycles. The Kier molecular flexibility index (Phi) is 4.07. The zero-order chi connectivity index (χ0) is 8.27. The highest BCUT2D eigenvalue weighted by Crippen LogP contribution is 2.06. The van der Waals surface area contributed by atoms with Crippen LogP contribution >= 0.6 is 12.4 Å². The van der Waals surface area contributed by atoms with Crippen LogP contribution in [0.15, 0.2) is 18.3 Å². The molecule has 0 saturated carbocycles. The molecule has 0 radical (unpaired) electrons. The Balaban J connectivity index is 0.00000121. The second-order valence-corrected chi connectivity index (χ2v) is 2.12. The molecule has 0 unspecified atom stereocenters. The number of nitrogens with two attached hydrogens (primary N) is 1. The van der Waals surface area contributed by atoms with E-state index in [1.807, 2.05) is 0 Å². The van der Waals surface area contributed by atoms with Crippen molar-refractivity contribution in [2.24, 2.45) is 0 Å². The molecule has 1 aromatic heterocycles. The third-order valence-corrected chi connectivity index (χ3v) is 1.27. The lowest BCUT2D eigenvalue weighted by Crippen LogP contribution is -2.04. The van der Waals surface area contributed by atoms with Crippen molar-refractivity contribution in [3.05, 3.63) is 23.9 Å². The summed E-state index contributed by atoms with van der Waals surface area (Å²) in [7, 11) is 0. The van der Waals surface area contributed by atoms with Gasteiger partial charge in [-0.25, -0.2) is 4.98 Å². The molecular weight excluding hydrogens is 180 g/mol. The first-order valence-electron chi connectivity index (χ1n) is 3.11. The van der Waals surface area contributed by atoms with Gasteiger partial charge in [0.1, 0.15) is 5.82 Å². The average molecular weight is 189 g/mol. The molecule has 0 aromatic carbocycles. The first kappa shape index (κ1) is 10.7. The number of hydrogen-bond donors (Lipinski definition) is 2. The second kappa shape index (κ2) is 4.56. The fourth-order valence-electron chi connectivity index (χ4n) is 0.763. The van der Waals surface area contributed by atoms with Crippen LogP contribution in [0.4, 0.5) is 5.82 Å². The van der Waals surface area contributed by atoms with Gasteiger partial charge in [0.05, 0.1) is 6.42 Å². The van der Waals surface area contributed by atoms with E-state index in [0.717, 1.165) is 0 Å². The van der Waals surface area contributed by atoms with Crippen LogP contribution in [-0.4, -0.2) is 16.1 Å². The van der Waals surface area contributed by atoms with Crippen LogP contribution in [0.3, 0.4) is 0 Å². The summed E-state index contributed by atoms with van der Waals surface area (Å²) < 4.78 is 0. The van der Waals surface area contributed by atoms with E-state index in [9.17, 15) is 4.79 Å². The smallest absolute Gasteiger partial charge is 0.307 e. The molecule has 0 aliphatic heterocycles. The maximum Gasteiger partial charge on any atom is 0.307 e. The van der Waals surface area contributed by atoms with E-state index >= 15 is 0 Å². The van der Waals surface area contributed by atoms with Crippen molar-refractivity contribution in [2.45, 2.75) is 6.42 Å². The van der Waals surface area contributed by atoms with E-state index in [2.05, 4.69) is 4.98 Å². The van der Waals surface area contributed by atoms with Crippen LogP contribution in [0.25, 0.3) is 0 Å². The minimum Gasteiger partial charge on any atom is -0.481 e. The summed E-state index contributed by atoms with van der Waals surface area (Å²) >= 11 is 0. The summed E-state index contributed by atoms with van der Waals surface area (Å²) in [6, 6.07) is 3.31. The minimum atomic E-state index is -0.898. The number of rotatable bonds is 2. The molecular formula is C7H9ClN2O2. The number of hydrogen-bond acceptors (Lipinski definition) is 3. The molecule has 66 valence electrons. The highest BCUT2D eigenvalue weighted by molar-refractivity contribution is 5.85. The van der Waals surface area contributed by atoms with Gasteiger partial charge >= 0.3 is 5.97 Å². The van der Waals surface area contributed by atoms with Gasteiger partial charge in [-0.2, -0.15) is 0 Å². The third kappa shape index (κ3) is 2.75. The Labute approximate surface area is 75.8 Å².